The number of imidazole rings is 1. The fourth-order valence-electron chi connectivity index (χ4n) is 1.11. The lowest BCUT2D eigenvalue weighted by molar-refractivity contribution is 0.112. The number of nitrogens with zero attached hydrogens (tertiary/aromatic N) is 1. The zero-order chi connectivity index (χ0) is 9.52. The zero-order valence-electron chi connectivity index (χ0n) is 8.21. The predicted molar refractivity (Wildman–Crippen MR) is 51.5 cm³/mol. The Morgan fingerprint density at radius 1 is 1.69 bits per heavy atom. The third-order valence-electron chi connectivity index (χ3n) is 1.83. The summed E-state index contributed by atoms with van der Waals surface area (Å²) in [6.07, 6.45) is 4.62. The number of aromatic amines is 1. The second-order valence-electron chi connectivity index (χ2n) is 2.89. The molecule has 1 unspecified atom stereocenters. The van der Waals surface area contributed by atoms with Crippen molar-refractivity contribution in [3.05, 3.63) is 18.2 Å². The molecule has 1 aromatic rings. The molecular formula is C9H17N3O. The van der Waals surface area contributed by atoms with E-state index in [2.05, 4.69) is 22.2 Å². The second kappa shape index (κ2) is 5.72. The van der Waals surface area contributed by atoms with Gasteiger partial charge in [-0.05, 0) is 13.5 Å². The number of rotatable bonds is 6. The maximum Gasteiger partial charge on any atom is 0.125 e. The Labute approximate surface area is 78.7 Å². The summed E-state index contributed by atoms with van der Waals surface area (Å²) in [5.74, 6) is 0.929. The molecular weight excluding hydrogens is 166 g/mol. The topological polar surface area (TPSA) is 49.9 Å². The van der Waals surface area contributed by atoms with Crippen LogP contribution in [-0.4, -0.2) is 30.2 Å². The van der Waals surface area contributed by atoms with Crippen LogP contribution in [-0.2, 0) is 4.74 Å². The normalized spacial score (nSPS) is 13.1. The third-order valence-corrected chi connectivity index (χ3v) is 1.83. The van der Waals surface area contributed by atoms with Gasteiger partial charge in [-0.25, -0.2) is 4.98 Å². The maximum atomic E-state index is 5.44. The molecule has 0 radical (unpaired) electrons. The van der Waals surface area contributed by atoms with Crippen LogP contribution in [0.25, 0.3) is 0 Å². The SMILES string of the molecule is CCCOCC(NC)c1ncc[nH]1. The van der Waals surface area contributed by atoms with E-state index in [1.54, 1.807) is 6.20 Å². The van der Waals surface area contributed by atoms with E-state index >= 15 is 0 Å². The summed E-state index contributed by atoms with van der Waals surface area (Å²) < 4.78 is 5.44. The molecule has 4 nitrogen and oxygen atoms in total. The van der Waals surface area contributed by atoms with Crippen molar-refractivity contribution in [2.45, 2.75) is 19.4 Å². The molecule has 0 aromatic carbocycles. The predicted octanol–water partition coefficient (Wildman–Crippen LogP) is 1.10. The first-order valence-electron chi connectivity index (χ1n) is 4.62. The Morgan fingerprint density at radius 3 is 3.08 bits per heavy atom. The number of H-pyrrole nitrogens is 1. The van der Waals surface area contributed by atoms with Crippen LogP contribution in [0.1, 0.15) is 25.2 Å². The second-order valence-corrected chi connectivity index (χ2v) is 2.89. The van der Waals surface area contributed by atoms with Crippen molar-refractivity contribution in [2.24, 2.45) is 0 Å². The highest BCUT2D eigenvalue weighted by Gasteiger charge is 2.10. The minimum atomic E-state index is 0.168. The van der Waals surface area contributed by atoms with E-state index in [-0.39, 0.29) is 6.04 Å². The van der Waals surface area contributed by atoms with Crippen molar-refractivity contribution in [1.82, 2.24) is 15.3 Å². The molecule has 13 heavy (non-hydrogen) atoms. The molecule has 0 bridgehead atoms. The Bertz CT molecular complexity index is 211. The highest BCUT2D eigenvalue weighted by molar-refractivity contribution is 4.94. The Balaban J connectivity index is 2.35. The first kappa shape index (κ1) is 10.2. The van der Waals surface area contributed by atoms with Gasteiger partial charge in [-0.3, -0.25) is 0 Å². The molecule has 0 aliphatic carbocycles. The van der Waals surface area contributed by atoms with Gasteiger partial charge >= 0.3 is 0 Å². The highest BCUT2D eigenvalue weighted by atomic mass is 16.5. The summed E-state index contributed by atoms with van der Waals surface area (Å²) >= 11 is 0. The lowest BCUT2D eigenvalue weighted by atomic mass is 10.3. The van der Waals surface area contributed by atoms with Gasteiger partial charge in [0.2, 0.25) is 0 Å². The number of nitrogens with one attached hydrogen (secondary N) is 2. The molecule has 1 rings (SSSR count). The van der Waals surface area contributed by atoms with Crippen LogP contribution in [0.2, 0.25) is 0 Å². The lowest BCUT2D eigenvalue weighted by Crippen LogP contribution is -2.23. The largest absolute Gasteiger partial charge is 0.379 e. The lowest BCUT2D eigenvalue weighted by Gasteiger charge is -2.13. The summed E-state index contributed by atoms with van der Waals surface area (Å²) in [6, 6.07) is 0.168. The number of ether oxygens (including phenoxy) is 1. The van der Waals surface area contributed by atoms with E-state index in [4.69, 9.17) is 4.74 Å². The Hall–Kier alpha value is -0.870. The molecule has 0 saturated carbocycles. The van der Waals surface area contributed by atoms with Crippen LogP contribution in [0.15, 0.2) is 12.4 Å². The molecule has 0 saturated heterocycles. The quantitative estimate of drug-likeness (QED) is 0.649. The van der Waals surface area contributed by atoms with Gasteiger partial charge in [-0.1, -0.05) is 6.92 Å². The number of aromatic nitrogens is 2. The molecule has 0 fully saturated rings. The molecule has 0 aliphatic heterocycles. The van der Waals surface area contributed by atoms with Crippen molar-refractivity contribution in [3.8, 4) is 0 Å². The molecule has 0 spiro atoms. The van der Waals surface area contributed by atoms with Crippen LogP contribution in [0.4, 0.5) is 0 Å². The van der Waals surface area contributed by atoms with Crippen molar-refractivity contribution in [2.75, 3.05) is 20.3 Å². The fourth-order valence-corrected chi connectivity index (χ4v) is 1.11. The van der Waals surface area contributed by atoms with Crippen LogP contribution in [0, 0.1) is 0 Å². The standard InChI is InChI=1S/C9H17N3O/c1-3-6-13-7-8(10-2)9-11-4-5-12-9/h4-5,8,10H,3,6-7H2,1-2H3,(H,11,12). The minimum absolute atomic E-state index is 0.168. The number of likely N-dealkylation sites (N-methyl/N-ethyl adjacent to an activating group) is 1. The van der Waals surface area contributed by atoms with E-state index in [0.29, 0.717) is 6.61 Å². The highest BCUT2D eigenvalue weighted by Crippen LogP contribution is 2.06. The Kier molecular flexibility index (Phi) is 4.49. The Morgan fingerprint density at radius 2 is 2.54 bits per heavy atom. The monoisotopic (exact) mass is 183 g/mol. The molecule has 2 N–H and O–H groups in total. The van der Waals surface area contributed by atoms with E-state index in [9.17, 15) is 0 Å². The van der Waals surface area contributed by atoms with Crippen LogP contribution < -0.4 is 5.32 Å². The molecule has 1 atom stereocenters. The van der Waals surface area contributed by atoms with Crippen molar-refractivity contribution in [1.29, 1.82) is 0 Å². The summed E-state index contributed by atoms with van der Waals surface area (Å²) in [7, 11) is 1.91. The third kappa shape index (κ3) is 3.16. The van der Waals surface area contributed by atoms with Gasteiger partial charge < -0.3 is 15.0 Å². The van der Waals surface area contributed by atoms with E-state index in [0.717, 1.165) is 18.9 Å². The van der Waals surface area contributed by atoms with Gasteiger partial charge in [0.05, 0.1) is 12.6 Å². The molecule has 74 valence electrons. The molecule has 0 amide bonds. The van der Waals surface area contributed by atoms with Crippen LogP contribution >= 0.6 is 0 Å². The van der Waals surface area contributed by atoms with Gasteiger partial charge in [0.15, 0.2) is 0 Å². The van der Waals surface area contributed by atoms with Gasteiger partial charge in [0.25, 0.3) is 0 Å². The first-order valence-corrected chi connectivity index (χ1v) is 4.62. The van der Waals surface area contributed by atoms with Crippen molar-refractivity contribution in [3.63, 3.8) is 0 Å². The molecule has 4 heteroatoms. The summed E-state index contributed by atoms with van der Waals surface area (Å²) in [5, 5.41) is 3.14. The average molecular weight is 183 g/mol. The molecule has 0 aliphatic rings. The minimum Gasteiger partial charge on any atom is -0.379 e. The summed E-state index contributed by atoms with van der Waals surface area (Å²) in [5.41, 5.74) is 0. The molecule has 1 aromatic heterocycles. The smallest absolute Gasteiger partial charge is 0.125 e. The van der Waals surface area contributed by atoms with E-state index in [1.165, 1.54) is 0 Å². The summed E-state index contributed by atoms with van der Waals surface area (Å²) in [6.45, 7) is 3.57. The van der Waals surface area contributed by atoms with Crippen LogP contribution in [0.3, 0.4) is 0 Å². The van der Waals surface area contributed by atoms with Crippen LogP contribution in [0.5, 0.6) is 0 Å². The number of hydrogen-bond acceptors (Lipinski definition) is 3. The average Bonchev–Trinajstić information content (AvgIpc) is 2.65. The van der Waals surface area contributed by atoms with Gasteiger partial charge in [0.1, 0.15) is 5.82 Å². The van der Waals surface area contributed by atoms with Crippen molar-refractivity contribution < 1.29 is 4.74 Å². The van der Waals surface area contributed by atoms with Gasteiger partial charge in [-0.2, -0.15) is 0 Å². The maximum absolute atomic E-state index is 5.44. The van der Waals surface area contributed by atoms with E-state index < -0.39 is 0 Å². The fraction of sp³-hybridized carbons (Fsp3) is 0.667. The molecule has 1 heterocycles. The zero-order valence-corrected chi connectivity index (χ0v) is 8.21. The van der Waals surface area contributed by atoms with E-state index in [1.807, 2.05) is 13.2 Å². The summed E-state index contributed by atoms with van der Waals surface area (Å²) in [4.78, 5) is 7.23. The van der Waals surface area contributed by atoms with Gasteiger partial charge in [-0.15, -0.1) is 0 Å². The number of hydrogen-bond donors (Lipinski definition) is 2. The van der Waals surface area contributed by atoms with Gasteiger partial charge in [0, 0.05) is 19.0 Å². The first-order chi connectivity index (χ1) is 6.38. The van der Waals surface area contributed by atoms with Crippen molar-refractivity contribution >= 4 is 0 Å².